The van der Waals surface area contributed by atoms with Crippen LogP contribution in [0.4, 0.5) is 0 Å². The van der Waals surface area contributed by atoms with Crippen LogP contribution in [0.3, 0.4) is 0 Å². The van der Waals surface area contributed by atoms with Crippen LogP contribution in [0.5, 0.6) is 0 Å². The van der Waals surface area contributed by atoms with E-state index in [1.54, 1.807) is 22.3 Å². The maximum atomic E-state index is 2.70. The maximum absolute atomic E-state index is 3.32. The third kappa shape index (κ3) is 4.95. The van der Waals surface area contributed by atoms with Crippen molar-refractivity contribution in [1.29, 1.82) is 0 Å². The average Bonchev–Trinajstić information content (AvgIpc) is 3.25. The fourth-order valence-electron chi connectivity index (χ4n) is 6.47. The topological polar surface area (TPSA) is 0 Å². The Morgan fingerprint density at radius 2 is 1.50 bits per heavy atom. The van der Waals surface area contributed by atoms with Crippen LogP contribution in [0.1, 0.15) is 73.3 Å². The molecule has 4 rings (SSSR count). The molecule has 0 N–H and O–H groups in total. The van der Waals surface area contributed by atoms with Gasteiger partial charge in [-0.2, -0.15) is 0 Å². The number of hydrogen-bond donors (Lipinski definition) is 0. The summed E-state index contributed by atoms with van der Waals surface area (Å²) in [5, 5.41) is 0. The summed E-state index contributed by atoms with van der Waals surface area (Å²) < 4.78 is 7.80. The van der Waals surface area contributed by atoms with E-state index in [0.29, 0.717) is 9.54 Å². The third-order valence-corrected chi connectivity index (χ3v) is 25.8. The first-order valence-electron chi connectivity index (χ1n) is 12.4. The summed E-state index contributed by atoms with van der Waals surface area (Å²) in [7, 11) is 0. The summed E-state index contributed by atoms with van der Waals surface area (Å²) in [6.07, 6.45) is 6.38. The zero-order valence-corrected chi connectivity index (χ0v) is 27.5. The average molecular weight is 593 g/mol. The van der Waals surface area contributed by atoms with Crippen molar-refractivity contribution in [3.63, 3.8) is 0 Å². The van der Waals surface area contributed by atoms with Crippen LogP contribution in [0.2, 0.25) is 9.26 Å². The first-order chi connectivity index (χ1) is 15.0. The van der Waals surface area contributed by atoms with Crippen molar-refractivity contribution in [3.05, 3.63) is 96.9 Å². The largest absolute Gasteiger partial charge is 0.147 e. The zero-order valence-electron chi connectivity index (χ0n) is 22.0. The molecule has 2 unspecified atom stereocenters. The standard InChI is InChI=1S/C19H19.C9H13.2CH3.2ClH.H2Si.Zr/c1-2-3-6-15-9-11-17(12-10-15)19-14-13-16-7-4-5-8-18(16)19;1-6-5-7(2)9(4)8(6)3;;;;;;/h4-5,7-14H,2-3,6H2,1H3;6H,1-4H3;2*1H3;2*1H;1H2;. The van der Waals surface area contributed by atoms with E-state index in [1.807, 2.05) is 3.28 Å². The third-order valence-electron chi connectivity index (χ3n) is 8.53. The normalized spacial score (nSPS) is 20.1. The molecular formula is C30H42Cl2SiZr. The number of fused-ring (bicyclic) bond motifs is 1. The number of hydrogen-bond acceptors (Lipinski definition) is 0. The minimum Gasteiger partial charge on any atom is -0.147 e. The van der Waals surface area contributed by atoms with E-state index in [1.165, 1.54) is 41.5 Å². The summed E-state index contributed by atoms with van der Waals surface area (Å²) in [6, 6.07) is 18.7. The number of benzene rings is 2. The van der Waals surface area contributed by atoms with Gasteiger partial charge in [0.2, 0.25) is 0 Å². The molecule has 0 amide bonds. The quantitative estimate of drug-likeness (QED) is 0.294. The number of rotatable bonds is 6. The van der Waals surface area contributed by atoms with Crippen molar-refractivity contribution in [1.82, 2.24) is 0 Å². The second-order valence-electron chi connectivity index (χ2n) is 11.3. The Kier molecular flexibility index (Phi) is 9.36. The van der Waals surface area contributed by atoms with Gasteiger partial charge in [0, 0.05) is 0 Å². The number of halogens is 2. The van der Waals surface area contributed by atoms with Gasteiger partial charge < -0.3 is 0 Å². The van der Waals surface area contributed by atoms with Crippen molar-refractivity contribution in [2.75, 3.05) is 0 Å². The van der Waals surface area contributed by atoms with Gasteiger partial charge in [0.25, 0.3) is 0 Å². The van der Waals surface area contributed by atoms with Gasteiger partial charge in [-0.25, -0.2) is 0 Å². The van der Waals surface area contributed by atoms with E-state index in [2.05, 4.69) is 105 Å². The van der Waals surface area contributed by atoms with Gasteiger partial charge in [-0.1, -0.05) is 0 Å². The molecule has 34 heavy (non-hydrogen) atoms. The zero-order chi connectivity index (χ0) is 23.3. The molecule has 0 aromatic heterocycles. The molecule has 2 aliphatic rings. The predicted octanol–water partition coefficient (Wildman–Crippen LogP) is 8.95. The van der Waals surface area contributed by atoms with Gasteiger partial charge >= 0.3 is 199 Å². The maximum Gasteiger partial charge on any atom is -0.147 e. The van der Waals surface area contributed by atoms with Gasteiger partial charge in [-0.05, 0) is 0 Å². The van der Waals surface area contributed by atoms with Crippen molar-refractivity contribution in [3.8, 4) is 0 Å². The molecule has 0 aliphatic heterocycles. The van der Waals surface area contributed by atoms with Crippen LogP contribution >= 0.6 is 24.8 Å². The minimum atomic E-state index is -3.32. The molecule has 2 aromatic rings. The Balaban J connectivity index is 0.00000204. The molecule has 184 valence electrons. The van der Waals surface area contributed by atoms with Gasteiger partial charge in [-0.3, -0.25) is 0 Å². The molecule has 2 aliphatic carbocycles. The molecule has 0 nitrogen and oxygen atoms in total. The first kappa shape index (κ1) is 29.6. The Labute approximate surface area is 222 Å². The van der Waals surface area contributed by atoms with Gasteiger partial charge in [0.05, 0.1) is 0 Å². The molecule has 0 radical (unpaired) electrons. The summed E-state index contributed by atoms with van der Waals surface area (Å²) in [6.45, 7) is 14.2. The summed E-state index contributed by atoms with van der Waals surface area (Å²) in [4.78, 5) is 0. The van der Waals surface area contributed by atoms with Crippen LogP contribution in [-0.2, 0) is 23.8 Å². The summed E-state index contributed by atoms with van der Waals surface area (Å²) in [5.41, 5.74) is 12.0. The van der Waals surface area contributed by atoms with E-state index in [4.69, 9.17) is 0 Å². The van der Waals surface area contributed by atoms with E-state index >= 15 is 0 Å². The second-order valence-corrected chi connectivity index (χ2v) is 40.9. The van der Waals surface area contributed by atoms with E-state index in [9.17, 15) is 0 Å². The van der Waals surface area contributed by atoms with Crippen LogP contribution in [0, 0.1) is 5.92 Å². The monoisotopic (exact) mass is 590 g/mol. The second kappa shape index (κ2) is 10.8. The minimum absolute atomic E-state index is 0. The molecule has 0 fully saturated rings. The van der Waals surface area contributed by atoms with Crippen LogP contribution in [0.15, 0.2) is 74.6 Å². The molecule has 2 aromatic carbocycles. The molecule has 4 heteroatoms. The van der Waals surface area contributed by atoms with Crippen LogP contribution < -0.4 is 0 Å². The Morgan fingerprint density at radius 3 is 2.06 bits per heavy atom. The summed E-state index contributed by atoms with van der Waals surface area (Å²) in [5.74, 6) is 0.593. The van der Waals surface area contributed by atoms with Crippen molar-refractivity contribution in [2.24, 2.45) is 5.92 Å². The number of aryl methyl sites for hydroxylation is 1. The molecule has 2 atom stereocenters. The smallest absolute Gasteiger partial charge is 0.147 e. The molecule has 0 saturated heterocycles. The number of unbranched alkanes of at least 4 members (excludes halogenated alkanes) is 1. The van der Waals surface area contributed by atoms with Crippen LogP contribution in [-0.4, -0.2) is 6.88 Å². The van der Waals surface area contributed by atoms with Gasteiger partial charge in [-0.15, -0.1) is 24.8 Å². The molecular weight excluding hydrogens is 551 g/mol. The Hall–Kier alpha value is -0.660. The fraction of sp³-hybridized carbons (Fsp3) is 0.400. The summed E-state index contributed by atoms with van der Waals surface area (Å²) >= 11 is -3.32. The Bertz CT molecular complexity index is 1220. The van der Waals surface area contributed by atoms with Crippen molar-refractivity contribution < 1.29 is 17.4 Å². The van der Waals surface area contributed by atoms with E-state index in [-0.39, 0.29) is 24.8 Å². The molecule has 0 heterocycles. The first-order valence-corrected chi connectivity index (χ1v) is 25.9. The molecule has 0 bridgehead atoms. The van der Waals surface area contributed by atoms with Crippen molar-refractivity contribution >= 4 is 37.3 Å². The van der Waals surface area contributed by atoms with Gasteiger partial charge in [0.15, 0.2) is 0 Å². The van der Waals surface area contributed by atoms with Gasteiger partial charge in [0.1, 0.15) is 0 Å². The number of allylic oxidation sites excluding steroid dienone is 5. The fourth-order valence-corrected chi connectivity index (χ4v) is 25.0. The van der Waals surface area contributed by atoms with E-state index in [0.717, 1.165) is 0 Å². The molecule has 0 spiro atoms. The van der Waals surface area contributed by atoms with E-state index < -0.39 is 17.4 Å². The van der Waals surface area contributed by atoms with Crippen LogP contribution in [0.25, 0.3) is 5.57 Å². The molecule has 0 saturated carbocycles. The SMILES string of the molecule is CCCCc1ccc(C2=C[CH]([Zr]([CH3])([CH3])(=[SiH2])[C]3=C(C)C(C)=C(C)C3C)c3ccccc32)cc1.Cl.Cl. The predicted molar refractivity (Wildman–Crippen MR) is 156 cm³/mol. The Morgan fingerprint density at radius 1 is 0.882 bits per heavy atom. The van der Waals surface area contributed by atoms with Crippen molar-refractivity contribution in [2.45, 2.75) is 66.8 Å².